The van der Waals surface area contributed by atoms with Gasteiger partial charge < -0.3 is 8.98 Å². The fourth-order valence-electron chi connectivity index (χ4n) is 7.75. The predicted octanol–water partition coefficient (Wildman–Crippen LogP) is 12.8. The van der Waals surface area contributed by atoms with Crippen LogP contribution < -0.4 is 0 Å². The van der Waals surface area contributed by atoms with E-state index in [0.29, 0.717) is 5.82 Å². The summed E-state index contributed by atoms with van der Waals surface area (Å²) in [5.41, 5.74) is 9.98. The van der Waals surface area contributed by atoms with Gasteiger partial charge in [0.2, 0.25) is 0 Å². The Morgan fingerprint density at radius 3 is 2.00 bits per heavy atom. The standard InChI is InChI=1S/C46H27N3OS/c1-3-13-28(14-4-1)37-27-38(48-46(47-37)36-22-11-19-31-30-17-8-10-24-41(30)50-43(31)36)34-21-12-20-32-33-25-26-40-42(45(33)51-44(32)34)35-18-7-9-23-39(35)49(40)29-15-5-2-6-16-29/h1-27H. The largest absolute Gasteiger partial charge is 0.455 e. The zero-order chi connectivity index (χ0) is 33.5. The Balaban J connectivity index is 1.19. The van der Waals surface area contributed by atoms with Crippen LogP contribution in [0.2, 0.25) is 0 Å². The Bertz CT molecular complexity index is 3140. The first-order valence-corrected chi connectivity index (χ1v) is 17.9. The molecule has 5 heteroatoms. The molecule has 0 aliphatic carbocycles. The van der Waals surface area contributed by atoms with E-state index < -0.39 is 0 Å². The zero-order valence-corrected chi connectivity index (χ0v) is 28.1. The molecule has 0 saturated carbocycles. The highest BCUT2D eigenvalue weighted by Gasteiger charge is 2.21. The highest BCUT2D eigenvalue weighted by Crippen LogP contribution is 2.46. The minimum Gasteiger partial charge on any atom is -0.455 e. The molecule has 4 heterocycles. The van der Waals surface area contributed by atoms with Crippen LogP contribution in [0, 0.1) is 0 Å². The second kappa shape index (κ2) is 11.0. The summed E-state index contributed by atoms with van der Waals surface area (Å²) in [6.07, 6.45) is 0. The number of nitrogens with zero attached hydrogens (tertiary/aromatic N) is 3. The van der Waals surface area contributed by atoms with Crippen molar-refractivity contribution in [3.05, 3.63) is 164 Å². The van der Waals surface area contributed by atoms with Crippen LogP contribution in [-0.2, 0) is 0 Å². The molecule has 51 heavy (non-hydrogen) atoms. The van der Waals surface area contributed by atoms with Gasteiger partial charge in [0.05, 0.1) is 28.0 Å². The molecule has 0 unspecified atom stereocenters. The molecule has 7 aromatic carbocycles. The molecule has 0 bridgehead atoms. The number of thiophene rings is 1. The van der Waals surface area contributed by atoms with Crippen LogP contribution in [0.25, 0.3) is 104 Å². The Kier molecular flexibility index (Phi) is 6.09. The summed E-state index contributed by atoms with van der Waals surface area (Å²) < 4.78 is 11.3. The van der Waals surface area contributed by atoms with Gasteiger partial charge in [-0.25, -0.2) is 9.97 Å². The van der Waals surface area contributed by atoms with E-state index in [9.17, 15) is 0 Å². The number of para-hydroxylation sites is 4. The minimum absolute atomic E-state index is 0.641. The first kappa shape index (κ1) is 28.3. The van der Waals surface area contributed by atoms with Crippen molar-refractivity contribution in [1.82, 2.24) is 14.5 Å². The number of hydrogen-bond acceptors (Lipinski definition) is 4. The Hall–Kier alpha value is -6.56. The van der Waals surface area contributed by atoms with E-state index in [2.05, 4.69) is 144 Å². The van der Waals surface area contributed by atoms with Gasteiger partial charge in [-0.05, 0) is 42.5 Å². The Morgan fingerprint density at radius 2 is 1.14 bits per heavy atom. The fourth-order valence-corrected chi connectivity index (χ4v) is 9.13. The van der Waals surface area contributed by atoms with Gasteiger partial charge in [0.1, 0.15) is 11.2 Å². The molecule has 0 radical (unpaired) electrons. The Labute approximate surface area is 296 Å². The predicted molar refractivity (Wildman–Crippen MR) is 213 cm³/mol. The van der Waals surface area contributed by atoms with E-state index in [1.807, 2.05) is 35.6 Å². The van der Waals surface area contributed by atoms with E-state index in [1.165, 1.54) is 42.0 Å². The molecule has 0 fully saturated rings. The van der Waals surface area contributed by atoms with Gasteiger partial charge in [0.15, 0.2) is 5.82 Å². The topological polar surface area (TPSA) is 43.9 Å². The molecular weight excluding hydrogens is 643 g/mol. The summed E-state index contributed by atoms with van der Waals surface area (Å²) in [6.45, 7) is 0. The monoisotopic (exact) mass is 669 g/mol. The molecule has 11 aromatic rings. The minimum atomic E-state index is 0.641. The van der Waals surface area contributed by atoms with Crippen LogP contribution in [0.3, 0.4) is 0 Å². The molecular formula is C46H27N3OS. The molecule has 0 N–H and O–H groups in total. The SMILES string of the molecule is c1ccc(-c2cc(-c3cccc4c3sc3c4ccc4c3c3ccccc3n4-c3ccccc3)nc(-c3cccc4c3oc3ccccc34)n2)cc1. The van der Waals surface area contributed by atoms with Crippen molar-refractivity contribution in [2.75, 3.05) is 0 Å². The molecule has 4 aromatic heterocycles. The van der Waals surface area contributed by atoms with Crippen molar-refractivity contribution < 1.29 is 4.42 Å². The lowest BCUT2D eigenvalue weighted by Gasteiger charge is -2.10. The summed E-state index contributed by atoms with van der Waals surface area (Å²) >= 11 is 1.85. The molecule has 0 aliphatic heterocycles. The summed E-state index contributed by atoms with van der Waals surface area (Å²) in [6, 6.07) is 57.5. The van der Waals surface area contributed by atoms with Gasteiger partial charge in [-0.1, -0.05) is 121 Å². The number of furan rings is 1. The number of hydrogen-bond donors (Lipinski definition) is 0. The average molecular weight is 670 g/mol. The van der Waals surface area contributed by atoms with Crippen molar-refractivity contribution in [3.8, 4) is 39.6 Å². The third-order valence-corrected chi connectivity index (χ3v) is 11.3. The molecule has 0 spiro atoms. The maximum atomic E-state index is 6.47. The molecule has 238 valence electrons. The number of aromatic nitrogens is 3. The number of rotatable bonds is 4. The average Bonchev–Trinajstić information content (AvgIpc) is 3.88. The first-order valence-electron chi connectivity index (χ1n) is 17.1. The lowest BCUT2D eigenvalue weighted by molar-refractivity contribution is 0.669. The fraction of sp³-hybridized carbons (Fsp3) is 0. The van der Waals surface area contributed by atoms with Crippen molar-refractivity contribution in [2.45, 2.75) is 0 Å². The van der Waals surface area contributed by atoms with Crippen LogP contribution in [0.15, 0.2) is 168 Å². The van der Waals surface area contributed by atoms with Crippen molar-refractivity contribution in [2.24, 2.45) is 0 Å². The van der Waals surface area contributed by atoms with Gasteiger partial charge >= 0.3 is 0 Å². The van der Waals surface area contributed by atoms with Gasteiger partial charge in [-0.3, -0.25) is 0 Å². The van der Waals surface area contributed by atoms with Crippen LogP contribution in [0.5, 0.6) is 0 Å². The van der Waals surface area contributed by atoms with Crippen LogP contribution in [-0.4, -0.2) is 14.5 Å². The summed E-state index contributed by atoms with van der Waals surface area (Å²) in [4.78, 5) is 10.5. The van der Waals surface area contributed by atoms with Crippen molar-refractivity contribution in [1.29, 1.82) is 0 Å². The maximum Gasteiger partial charge on any atom is 0.164 e. The quantitative estimate of drug-likeness (QED) is 0.187. The third kappa shape index (κ3) is 4.25. The van der Waals surface area contributed by atoms with Gasteiger partial charge in [0, 0.05) is 58.5 Å². The van der Waals surface area contributed by atoms with E-state index in [-0.39, 0.29) is 0 Å². The normalized spacial score (nSPS) is 11.9. The van der Waals surface area contributed by atoms with E-state index in [0.717, 1.165) is 55.7 Å². The molecule has 4 nitrogen and oxygen atoms in total. The van der Waals surface area contributed by atoms with Crippen LogP contribution >= 0.6 is 11.3 Å². The summed E-state index contributed by atoms with van der Waals surface area (Å²) in [7, 11) is 0. The van der Waals surface area contributed by atoms with E-state index in [4.69, 9.17) is 14.4 Å². The molecule has 0 aliphatic rings. The zero-order valence-electron chi connectivity index (χ0n) is 27.2. The molecule has 0 saturated heterocycles. The van der Waals surface area contributed by atoms with Crippen LogP contribution in [0.4, 0.5) is 0 Å². The van der Waals surface area contributed by atoms with Crippen LogP contribution in [0.1, 0.15) is 0 Å². The van der Waals surface area contributed by atoms with Gasteiger partial charge in [-0.15, -0.1) is 11.3 Å². The highest BCUT2D eigenvalue weighted by molar-refractivity contribution is 7.27. The third-order valence-electron chi connectivity index (χ3n) is 10.0. The smallest absolute Gasteiger partial charge is 0.164 e. The number of benzene rings is 7. The highest BCUT2D eigenvalue weighted by atomic mass is 32.1. The Morgan fingerprint density at radius 1 is 0.471 bits per heavy atom. The summed E-state index contributed by atoms with van der Waals surface area (Å²) in [5.74, 6) is 0.641. The van der Waals surface area contributed by atoms with Gasteiger partial charge in [0.25, 0.3) is 0 Å². The number of fused-ring (bicyclic) bond motifs is 10. The van der Waals surface area contributed by atoms with E-state index in [1.54, 1.807) is 0 Å². The van der Waals surface area contributed by atoms with Crippen molar-refractivity contribution >= 4 is 75.3 Å². The lowest BCUT2D eigenvalue weighted by atomic mass is 10.0. The maximum absolute atomic E-state index is 6.47. The van der Waals surface area contributed by atoms with E-state index >= 15 is 0 Å². The van der Waals surface area contributed by atoms with Crippen molar-refractivity contribution in [3.63, 3.8) is 0 Å². The van der Waals surface area contributed by atoms with Gasteiger partial charge in [-0.2, -0.15) is 0 Å². The molecule has 0 amide bonds. The summed E-state index contributed by atoms with van der Waals surface area (Å²) in [5, 5.41) is 7.16. The lowest BCUT2D eigenvalue weighted by Crippen LogP contribution is -1.96. The second-order valence-corrected chi connectivity index (χ2v) is 13.9. The second-order valence-electron chi connectivity index (χ2n) is 12.9. The first-order chi connectivity index (χ1) is 25.3. The molecule has 11 rings (SSSR count). The molecule has 0 atom stereocenters.